The van der Waals surface area contributed by atoms with Crippen LogP contribution in [0.4, 0.5) is 30.7 Å². The van der Waals surface area contributed by atoms with Gasteiger partial charge >= 0.3 is 23.3 Å². The van der Waals surface area contributed by atoms with E-state index < -0.39 is 23.3 Å². The summed E-state index contributed by atoms with van der Waals surface area (Å²) >= 11 is 0. The molecule has 0 atom stereocenters. The molecule has 12 heteroatoms. The van der Waals surface area contributed by atoms with Crippen molar-refractivity contribution in [2.45, 2.75) is 18.2 Å². The molecule has 0 saturated carbocycles. The van der Waals surface area contributed by atoms with Crippen molar-refractivity contribution in [3.8, 4) is 0 Å². The maximum atomic E-state index is 11.9. The van der Waals surface area contributed by atoms with Gasteiger partial charge in [-0.15, -0.1) is 20.0 Å². The first-order chi connectivity index (χ1) is 6.42. The number of halogens is 7. The summed E-state index contributed by atoms with van der Waals surface area (Å²) < 4.78 is 81.5. The highest BCUT2D eigenvalue weighted by Crippen LogP contribution is 2.46. The Labute approximate surface area is 75.4 Å². The van der Waals surface area contributed by atoms with Crippen LogP contribution in [0.5, 0.6) is 0 Å². The Kier molecular flexibility index (Phi) is 3.35. The second kappa shape index (κ2) is 3.67. The number of rotatable bonds is 4. The Morgan fingerprint density at radius 3 is 1.67 bits per heavy atom. The second-order valence-electron chi connectivity index (χ2n) is 1.97. The van der Waals surface area contributed by atoms with E-state index in [-0.39, 0.29) is 0 Å². The fraction of sp³-hybridized carbons (Fsp3) is 1.00. The molecule has 0 aromatic heterocycles. The molecule has 5 nitrogen and oxygen atoms in total. The third-order valence-corrected chi connectivity index (χ3v) is 0.924. The van der Waals surface area contributed by atoms with E-state index in [0.29, 0.717) is 0 Å². The highest BCUT2D eigenvalue weighted by Gasteiger charge is 2.75. The summed E-state index contributed by atoms with van der Waals surface area (Å²) in [6.45, 7) is 0. The molecule has 15 heavy (non-hydrogen) atoms. The van der Waals surface area contributed by atoms with Gasteiger partial charge in [-0.2, -0.15) is 30.7 Å². The summed E-state index contributed by atoms with van der Waals surface area (Å²) in [5, 5.41) is 7.10. The molecule has 0 heterocycles. The zero-order valence-electron chi connectivity index (χ0n) is 6.23. The zero-order valence-corrected chi connectivity index (χ0v) is 6.23. The maximum absolute atomic E-state index is 11.9. The Morgan fingerprint density at radius 1 is 1.00 bits per heavy atom. The zero-order chi connectivity index (χ0) is 12.5. The fourth-order valence-corrected chi connectivity index (χ4v) is 0.295. The summed E-state index contributed by atoms with van der Waals surface area (Å²) in [5.74, 6) is -6.62. The number of alkyl halides is 7. The predicted octanol–water partition coefficient (Wildman–Crippen LogP) is 1.92. The number of hydrogen-bond donors (Lipinski definition) is 0. The van der Waals surface area contributed by atoms with Crippen LogP contribution in [0.3, 0.4) is 0 Å². The maximum Gasteiger partial charge on any atom is 0.462 e. The van der Waals surface area contributed by atoms with E-state index in [4.69, 9.17) is 0 Å². The minimum absolute atomic E-state index is 2.08. The van der Waals surface area contributed by atoms with Crippen LogP contribution in [0.25, 0.3) is 0 Å². The first kappa shape index (κ1) is 13.7. The molecule has 0 aromatic rings. The first-order valence-electron chi connectivity index (χ1n) is 2.74. The lowest BCUT2D eigenvalue weighted by Gasteiger charge is -2.25. The minimum Gasteiger partial charge on any atom is -0.186 e. The van der Waals surface area contributed by atoms with Crippen LogP contribution < -0.4 is 0 Å². The van der Waals surface area contributed by atoms with Crippen LogP contribution in [0, 0.1) is 10.1 Å². The van der Waals surface area contributed by atoms with Gasteiger partial charge in [-0.25, -0.2) is 0 Å². The summed E-state index contributed by atoms with van der Waals surface area (Å²) in [7, 11) is 0. The largest absolute Gasteiger partial charge is 0.462 e. The van der Waals surface area contributed by atoms with E-state index >= 15 is 0 Å². The molecular weight excluding hydrogens is 247 g/mol. The normalized spacial score (nSPS) is 13.8. The SMILES string of the molecule is O=[N+]([O-])OOC(F)(F)C(F)(F)C(F)(F)F. The van der Waals surface area contributed by atoms with Crippen LogP contribution in [0.2, 0.25) is 0 Å². The van der Waals surface area contributed by atoms with E-state index in [1.807, 2.05) is 0 Å². The first-order valence-corrected chi connectivity index (χ1v) is 2.74. The molecular formula is C3F7NO4. The van der Waals surface area contributed by atoms with Crippen molar-refractivity contribution in [2.75, 3.05) is 0 Å². The summed E-state index contributed by atoms with van der Waals surface area (Å²) in [6, 6.07) is 0. The van der Waals surface area contributed by atoms with Crippen molar-refractivity contribution in [1.82, 2.24) is 0 Å². The second-order valence-corrected chi connectivity index (χ2v) is 1.97. The van der Waals surface area contributed by atoms with Crippen LogP contribution in [-0.2, 0) is 9.88 Å². The molecule has 0 aliphatic carbocycles. The Balaban J connectivity index is 4.77. The molecule has 0 rings (SSSR count). The summed E-state index contributed by atoms with van der Waals surface area (Å²) in [6.07, 6.45) is -12.9. The summed E-state index contributed by atoms with van der Waals surface area (Å²) in [4.78, 5) is 13.6. The highest BCUT2D eigenvalue weighted by molar-refractivity contribution is 4.83. The minimum atomic E-state index is -6.64. The number of nitrogens with zero attached hydrogens (tertiary/aromatic N) is 1. The monoisotopic (exact) mass is 247 g/mol. The average molecular weight is 247 g/mol. The highest BCUT2D eigenvalue weighted by atomic mass is 19.4. The van der Waals surface area contributed by atoms with Gasteiger partial charge in [-0.3, -0.25) is 0 Å². The van der Waals surface area contributed by atoms with E-state index in [2.05, 4.69) is 9.88 Å². The van der Waals surface area contributed by atoms with Crippen molar-refractivity contribution in [2.24, 2.45) is 0 Å². The van der Waals surface area contributed by atoms with E-state index in [1.54, 1.807) is 0 Å². The molecule has 0 saturated heterocycles. The molecule has 0 aliphatic heterocycles. The van der Waals surface area contributed by atoms with Crippen LogP contribution in [0.15, 0.2) is 0 Å². The van der Waals surface area contributed by atoms with Crippen molar-refractivity contribution < 1.29 is 45.7 Å². The van der Waals surface area contributed by atoms with Crippen LogP contribution in [-0.4, -0.2) is 23.3 Å². The number of hydrogen-bond acceptors (Lipinski definition) is 4. The Hall–Kier alpha value is -1.33. The summed E-state index contributed by atoms with van der Waals surface area (Å²) in [5.41, 5.74) is 0. The lowest BCUT2D eigenvalue weighted by Crippen LogP contribution is -2.53. The molecule has 0 N–H and O–H groups in total. The molecule has 0 amide bonds. The molecule has 0 aromatic carbocycles. The van der Waals surface area contributed by atoms with E-state index in [1.165, 1.54) is 0 Å². The quantitative estimate of drug-likeness (QED) is 0.329. The molecule has 90 valence electrons. The molecule has 0 bridgehead atoms. The average Bonchev–Trinajstić information content (AvgIpc) is 1.98. The third-order valence-electron chi connectivity index (χ3n) is 0.924. The molecule has 0 aliphatic rings. The van der Waals surface area contributed by atoms with Crippen LogP contribution >= 0.6 is 0 Å². The van der Waals surface area contributed by atoms with Crippen molar-refractivity contribution >= 4 is 0 Å². The topological polar surface area (TPSA) is 61.6 Å². The molecule has 0 spiro atoms. The Morgan fingerprint density at radius 2 is 1.40 bits per heavy atom. The standard InChI is InChI=1S/C3F7NO4/c4-1(5,2(6,7)8)3(9,10)14-15-11(12)13. The smallest absolute Gasteiger partial charge is 0.186 e. The molecule has 0 unspecified atom stereocenters. The van der Waals surface area contributed by atoms with Gasteiger partial charge in [0.05, 0.1) is 0 Å². The van der Waals surface area contributed by atoms with E-state index in [9.17, 15) is 40.8 Å². The van der Waals surface area contributed by atoms with Gasteiger partial charge in [0.25, 0.3) is 0 Å². The lowest BCUT2D eigenvalue weighted by atomic mass is 10.3. The van der Waals surface area contributed by atoms with Crippen molar-refractivity contribution in [3.05, 3.63) is 10.1 Å². The van der Waals surface area contributed by atoms with Gasteiger partial charge < -0.3 is 0 Å². The predicted molar refractivity (Wildman–Crippen MR) is 25.1 cm³/mol. The van der Waals surface area contributed by atoms with Crippen molar-refractivity contribution in [3.63, 3.8) is 0 Å². The van der Waals surface area contributed by atoms with Gasteiger partial charge in [0.15, 0.2) is 0 Å². The van der Waals surface area contributed by atoms with Gasteiger partial charge in [-0.1, -0.05) is 0 Å². The van der Waals surface area contributed by atoms with E-state index in [0.717, 1.165) is 0 Å². The Bertz CT molecular complexity index is 249. The third kappa shape index (κ3) is 2.81. The fourth-order valence-electron chi connectivity index (χ4n) is 0.295. The van der Waals surface area contributed by atoms with Crippen molar-refractivity contribution in [1.29, 1.82) is 0 Å². The van der Waals surface area contributed by atoms with Gasteiger partial charge in [0.2, 0.25) is 0 Å². The van der Waals surface area contributed by atoms with Gasteiger partial charge in [0, 0.05) is 0 Å². The molecule has 0 fully saturated rings. The van der Waals surface area contributed by atoms with Gasteiger partial charge in [-0.05, 0) is 0 Å². The van der Waals surface area contributed by atoms with Crippen LogP contribution in [0.1, 0.15) is 0 Å². The van der Waals surface area contributed by atoms with Gasteiger partial charge in [0.1, 0.15) is 0 Å². The molecule has 0 radical (unpaired) electrons. The lowest BCUT2D eigenvalue weighted by molar-refractivity contribution is -0.871.